The molecule has 160 valence electrons. The number of amides is 3. The molecule has 0 fully saturated rings. The number of hydrogen-bond donors (Lipinski definition) is 4. The largest absolute Gasteiger partial charge is 0.481 e. The van der Waals surface area contributed by atoms with Crippen LogP contribution in [0, 0.1) is 0 Å². The van der Waals surface area contributed by atoms with Gasteiger partial charge < -0.3 is 25.2 Å². The maximum Gasteiger partial charge on any atom is 0.412 e. The third-order valence-corrected chi connectivity index (χ3v) is 3.34. The zero-order chi connectivity index (χ0) is 22.0. The summed E-state index contributed by atoms with van der Waals surface area (Å²) in [5, 5.41) is 16.5. The molecule has 3 amide bonds. The topological polar surface area (TPSA) is 143 Å². The molecule has 1 aromatic rings. The van der Waals surface area contributed by atoms with Crippen LogP contribution in [0.2, 0.25) is 0 Å². The van der Waals surface area contributed by atoms with E-state index in [0.29, 0.717) is 11.3 Å². The predicted molar refractivity (Wildman–Crippen MR) is 104 cm³/mol. The molecular formula is C19H27N3O7. The minimum atomic E-state index is -1.11. The van der Waals surface area contributed by atoms with Gasteiger partial charge in [-0.05, 0) is 45.4 Å². The Morgan fingerprint density at radius 3 is 2.24 bits per heavy atom. The van der Waals surface area contributed by atoms with Crippen LogP contribution < -0.4 is 16.0 Å². The van der Waals surface area contributed by atoms with E-state index in [1.54, 1.807) is 52.0 Å². The number of anilines is 1. The van der Waals surface area contributed by atoms with E-state index in [9.17, 15) is 19.2 Å². The van der Waals surface area contributed by atoms with E-state index < -0.39 is 35.7 Å². The van der Waals surface area contributed by atoms with Crippen molar-refractivity contribution in [2.24, 2.45) is 0 Å². The van der Waals surface area contributed by atoms with Crippen LogP contribution in [0.15, 0.2) is 24.3 Å². The van der Waals surface area contributed by atoms with Crippen molar-refractivity contribution in [2.45, 2.75) is 45.8 Å². The van der Waals surface area contributed by atoms with Crippen molar-refractivity contribution < 1.29 is 33.8 Å². The number of hydrogen-bond acceptors (Lipinski definition) is 6. The molecule has 29 heavy (non-hydrogen) atoms. The number of carbonyl (C=O) groups is 4. The minimum absolute atomic E-state index is 0.188. The van der Waals surface area contributed by atoms with Crippen LogP contribution in [0.1, 0.15) is 45.7 Å². The summed E-state index contributed by atoms with van der Waals surface area (Å²) in [5.74, 6) is -1.72. The zero-order valence-corrected chi connectivity index (χ0v) is 16.9. The lowest BCUT2D eigenvalue weighted by atomic mass is 10.0. The molecule has 0 aliphatic rings. The molecule has 1 atom stereocenters. The third kappa shape index (κ3) is 9.99. The molecule has 10 nitrogen and oxygen atoms in total. The van der Waals surface area contributed by atoms with E-state index in [1.165, 1.54) is 0 Å². The maximum atomic E-state index is 12.0. The summed E-state index contributed by atoms with van der Waals surface area (Å²) in [4.78, 5) is 46.2. The van der Waals surface area contributed by atoms with Gasteiger partial charge in [-0.2, -0.15) is 0 Å². The highest BCUT2D eigenvalue weighted by molar-refractivity contribution is 5.85. The van der Waals surface area contributed by atoms with Crippen molar-refractivity contribution in [1.82, 2.24) is 10.6 Å². The van der Waals surface area contributed by atoms with Crippen molar-refractivity contribution >= 4 is 29.8 Å². The van der Waals surface area contributed by atoms with Crippen LogP contribution in [-0.2, 0) is 19.1 Å². The standard InChI is InChI=1S/C19H27N3O7/c1-5-28-16(25)11-20-17(26)22-14(10-15(23)24)12-6-8-13(9-7-12)21-18(27)29-19(2,3)4/h6-9,14H,5,10-11H2,1-4H3,(H,21,27)(H,23,24)(H2,20,22,26). The molecule has 1 rings (SSSR count). The number of aliphatic carboxylic acids is 1. The highest BCUT2D eigenvalue weighted by atomic mass is 16.6. The predicted octanol–water partition coefficient (Wildman–Crippen LogP) is 2.41. The average molecular weight is 409 g/mol. The SMILES string of the molecule is CCOC(=O)CNC(=O)NC(CC(=O)O)c1ccc(NC(=O)OC(C)(C)C)cc1. The Morgan fingerprint density at radius 2 is 1.72 bits per heavy atom. The highest BCUT2D eigenvalue weighted by Crippen LogP contribution is 2.20. The average Bonchev–Trinajstić information content (AvgIpc) is 2.58. The number of urea groups is 1. The van der Waals surface area contributed by atoms with Crippen LogP contribution in [0.25, 0.3) is 0 Å². The first-order valence-corrected chi connectivity index (χ1v) is 9.02. The molecule has 0 aliphatic carbocycles. The molecule has 0 aliphatic heterocycles. The van der Waals surface area contributed by atoms with Crippen molar-refractivity contribution in [2.75, 3.05) is 18.5 Å². The van der Waals surface area contributed by atoms with Crippen molar-refractivity contribution in [3.63, 3.8) is 0 Å². The number of ether oxygens (including phenoxy) is 2. The number of carboxylic acids is 1. The molecule has 4 N–H and O–H groups in total. The summed E-state index contributed by atoms with van der Waals surface area (Å²) < 4.78 is 9.86. The summed E-state index contributed by atoms with van der Waals surface area (Å²) in [6.45, 7) is 6.72. The number of benzene rings is 1. The number of carboxylic acid groups (broad SMARTS) is 1. The lowest BCUT2D eigenvalue weighted by Gasteiger charge is -2.20. The fourth-order valence-corrected chi connectivity index (χ4v) is 2.22. The van der Waals surface area contributed by atoms with E-state index >= 15 is 0 Å². The monoisotopic (exact) mass is 409 g/mol. The summed E-state index contributed by atoms with van der Waals surface area (Å²) in [6, 6.07) is 4.72. The molecule has 1 aromatic carbocycles. The van der Waals surface area contributed by atoms with E-state index in [-0.39, 0.29) is 19.6 Å². The summed E-state index contributed by atoms with van der Waals surface area (Å²) in [5.41, 5.74) is 0.314. The lowest BCUT2D eigenvalue weighted by molar-refractivity contribution is -0.142. The number of nitrogens with one attached hydrogen (secondary N) is 3. The smallest absolute Gasteiger partial charge is 0.412 e. The van der Waals surface area contributed by atoms with Crippen molar-refractivity contribution in [1.29, 1.82) is 0 Å². The zero-order valence-electron chi connectivity index (χ0n) is 16.9. The van der Waals surface area contributed by atoms with Crippen LogP contribution in [0.4, 0.5) is 15.3 Å². The Balaban J connectivity index is 2.75. The van der Waals surface area contributed by atoms with Gasteiger partial charge in [0.15, 0.2) is 0 Å². The molecule has 0 spiro atoms. The Bertz CT molecular complexity index is 726. The first-order chi connectivity index (χ1) is 13.5. The van der Waals surface area contributed by atoms with Crippen LogP contribution in [0.5, 0.6) is 0 Å². The van der Waals surface area contributed by atoms with E-state index in [4.69, 9.17) is 14.6 Å². The number of rotatable bonds is 8. The van der Waals surface area contributed by atoms with Crippen LogP contribution in [0.3, 0.4) is 0 Å². The third-order valence-electron chi connectivity index (χ3n) is 3.34. The van der Waals surface area contributed by atoms with Gasteiger partial charge >= 0.3 is 24.1 Å². The summed E-state index contributed by atoms with van der Waals surface area (Å²) in [6.07, 6.45) is -0.991. The first kappa shape index (κ1) is 23.7. The van der Waals surface area contributed by atoms with Gasteiger partial charge in [0.1, 0.15) is 12.1 Å². The Hall–Kier alpha value is -3.30. The Morgan fingerprint density at radius 1 is 1.10 bits per heavy atom. The molecular weight excluding hydrogens is 382 g/mol. The minimum Gasteiger partial charge on any atom is -0.481 e. The van der Waals surface area contributed by atoms with Crippen LogP contribution >= 0.6 is 0 Å². The van der Waals surface area contributed by atoms with E-state index in [2.05, 4.69) is 16.0 Å². The van der Waals surface area contributed by atoms with Gasteiger partial charge in [-0.1, -0.05) is 12.1 Å². The molecule has 0 saturated carbocycles. The highest BCUT2D eigenvalue weighted by Gasteiger charge is 2.20. The summed E-state index contributed by atoms with van der Waals surface area (Å²) in [7, 11) is 0. The molecule has 0 heterocycles. The second-order valence-corrected chi connectivity index (χ2v) is 7.03. The first-order valence-electron chi connectivity index (χ1n) is 9.02. The van der Waals surface area contributed by atoms with Gasteiger partial charge in [-0.3, -0.25) is 14.9 Å². The van der Waals surface area contributed by atoms with E-state index in [1.807, 2.05) is 0 Å². The normalized spacial score (nSPS) is 11.7. The molecule has 0 saturated heterocycles. The molecule has 0 radical (unpaired) electrons. The lowest BCUT2D eigenvalue weighted by Crippen LogP contribution is -2.41. The van der Waals surface area contributed by atoms with Gasteiger partial charge in [-0.15, -0.1) is 0 Å². The van der Waals surface area contributed by atoms with E-state index in [0.717, 1.165) is 0 Å². The number of carbonyl (C=O) groups excluding carboxylic acids is 3. The van der Waals surface area contributed by atoms with Gasteiger partial charge in [0.05, 0.1) is 19.1 Å². The molecule has 0 aromatic heterocycles. The second kappa shape index (κ2) is 10.9. The van der Waals surface area contributed by atoms with Gasteiger partial charge in [-0.25, -0.2) is 9.59 Å². The molecule has 1 unspecified atom stereocenters. The Labute approximate surface area is 168 Å². The van der Waals surface area contributed by atoms with Gasteiger partial charge in [0, 0.05) is 5.69 Å². The maximum absolute atomic E-state index is 12.0. The second-order valence-electron chi connectivity index (χ2n) is 7.03. The summed E-state index contributed by atoms with van der Waals surface area (Å²) >= 11 is 0. The van der Waals surface area contributed by atoms with Crippen LogP contribution in [-0.4, -0.2) is 47.9 Å². The fourth-order valence-electron chi connectivity index (χ4n) is 2.22. The van der Waals surface area contributed by atoms with Gasteiger partial charge in [0.25, 0.3) is 0 Å². The Kier molecular flexibility index (Phi) is 8.91. The fraction of sp³-hybridized carbons (Fsp3) is 0.474. The van der Waals surface area contributed by atoms with Crippen molar-refractivity contribution in [3.05, 3.63) is 29.8 Å². The molecule has 10 heteroatoms. The van der Waals surface area contributed by atoms with Crippen molar-refractivity contribution in [3.8, 4) is 0 Å². The van der Waals surface area contributed by atoms with Gasteiger partial charge in [0.2, 0.25) is 0 Å². The quantitative estimate of drug-likeness (QED) is 0.483. The molecule has 0 bridgehead atoms. The number of esters is 1.